The Morgan fingerprint density at radius 1 is 1.22 bits per heavy atom. The maximum Gasteiger partial charge on any atom is 0.225 e. The van der Waals surface area contributed by atoms with Gasteiger partial charge in [-0.05, 0) is 30.2 Å². The SMILES string of the molecule is COc1cc(CNC(=O)[C@@H]2CC(=O)N(Cc3ccc(C)cc3)C2)ccc1O. The fourth-order valence-electron chi connectivity index (χ4n) is 3.18. The minimum absolute atomic E-state index is 0.00188. The highest BCUT2D eigenvalue weighted by molar-refractivity contribution is 5.89. The summed E-state index contributed by atoms with van der Waals surface area (Å²) in [5.41, 5.74) is 3.06. The van der Waals surface area contributed by atoms with Crippen LogP contribution in [0.3, 0.4) is 0 Å². The maximum absolute atomic E-state index is 12.5. The summed E-state index contributed by atoms with van der Waals surface area (Å²) in [7, 11) is 1.48. The molecule has 1 aliphatic rings. The van der Waals surface area contributed by atoms with Gasteiger partial charge in [0.2, 0.25) is 11.8 Å². The molecule has 2 N–H and O–H groups in total. The Kier molecular flexibility index (Phi) is 5.64. The number of benzene rings is 2. The molecule has 6 nitrogen and oxygen atoms in total. The van der Waals surface area contributed by atoms with Crippen LogP contribution in [0.2, 0.25) is 0 Å². The van der Waals surface area contributed by atoms with Crippen molar-refractivity contribution in [2.24, 2.45) is 5.92 Å². The molecule has 1 saturated heterocycles. The van der Waals surface area contributed by atoms with Crippen LogP contribution in [0.1, 0.15) is 23.1 Å². The molecule has 0 unspecified atom stereocenters. The third-order valence-corrected chi connectivity index (χ3v) is 4.79. The number of hydrogen-bond acceptors (Lipinski definition) is 4. The minimum atomic E-state index is -0.345. The molecule has 2 aromatic rings. The molecule has 0 radical (unpaired) electrons. The lowest BCUT2D eigenvalue weighted by molar-refractivity contribution is -0.129. The van der Waals surface area contributed by atoms with Crippen LogP contribution in [0.4, 0.5) is 0 Å². The number of hydrogen-bond donors (Lipinski definition) is 2. The van der Waals surface area contributed by atoms with Gasteiger partial charge in [-0.2, -0.15) is 0 Å². The average molecular weight is 368 g/mol. The molecule has 0 saturated carbocycles. The summed E-state index contributed by atoms with van der Waals surface area (Å²) in [5.74, 6) is -0.0615. The molecule has 0 spiro atoms. The molecule has 2 amide bonds. The third kappa shape index (κ3) is 4.58. The summed E-state index contributed by atoms with van der Waals surface area (Å²) in [6.07, 6.45) is 0.233. The van der Waals surface area contributed by atoms with Gasteiger partial charge >= 0.3 is 0 Å². The van der Waals surface area contributed by atoms with E-state index in [0.29, 0.717) is 25.4 Å². The highest BCUT2D eigenvalue weighted by Crippen LogP contribution is 2.26. The van der Waals surface area contributed by atoms with Crippen LogP contribution in [0.15, 0.2) is 42.5 Å². The van der Waals surface area contributed by atoms with Crippen LogP contribution in [0.5, 0.6) is 11.5 Å². The van der Waals surface area contributed by atoms with Gasteiger partial charge in [-0.1, -0.05) is 35.9 Å². The van der Waals surface area contributed by atoms with Crippen molar-refractivity contribution in [3.05, 3.63) is 59.2 Å². The standard InChI is InChI=1S/C21H24N2O4/c1-14-3-5-15(6-4-14)12-23-13-17(10-20(23)25)21(26)22-11-16-7-8-18(24)19(9-16)27-2/h3-9,17,24H,10-13H2,1-2H3,(H,22,26)/t17-/m1/s1. The normalized spacial score (nSPS) is 16.4. The number of nitrogens with zero attached hydrogens (tertiary/aromatic N) is 1. The van der Waals surface area contributed by atoms with E-state index in [1.54, 1.807) is 17.0 Å². The Hall–Kier alpha value is -3.02. The fraction of sp³-hybridized carbons (Fsp3) is 0.333. The van der Waals surface area contributed by atoms with Crippen LogP contribution in [-0.2, 0) is 22.7 Å². The van der Waals surface area contributed by atoms with E-state index in [0.717, 1.165) is 11.1 Å². The summed E-state index contributed by atoms with van der Waals surface area (Å²) in [6.45, 7) is 3.29. The lowest BCUT2D eigenvalue weighted by Gasteiger charge is -2.17. The number of rotatable bonds is 6. The Morgan fingerprint density at radius 3 is 2.63 bits per heavy atom. The van der Waals surface area contributed by atoms with Crippen molar-refractivity contribution in [2.45, 2.75) is 26.4 Å². The molecule has 0 aromatic heterocycles. The van der Waals surface area contributed by atoms with Gasteiger partial charge in [0, 0.05) is 26.1 Å². The van der Waals surface area contributed by atoms with Crippen molar-refractivity contribution in [1.82, 2.24) is 10.2 Å². The molecular formula is C21H24N2O4. The Balaban J connectivity index is 1.55. The molecule has 1 heterocycles. The summed E-state index contributed by atoms with van der Waals surface area (Å²) in [5, 5.41) is 12.5. The van der Waals surface area contributed by atoms with Gasteiger partial charge in [-0.25, -0.2) is 0 Å². The zero-order valence-electron chi connectivity index (χ0n) is 15.6. The predicted molar refractivity (Wildman–Crippen MR) is 101 cm³/mol. The number of ether oxygens (including phenoxy) is 1. The first-order valence-corrected chi connectivity index (χ1v) is 8.93. The van der Waals surface area contributed by atoms with Crippen LogP contribution in [-0.4, -0.2) is 35.5 Å². The molecular weight excluding hydrogens is 344 g/mol. The van der Waals surface area contributed by atoms with Crippen molar-refractivity contribution in [2.75, 3.05) is 13.7 Å². The Labute approximate surface area is 158 Å². The third-order valence-electron chi connectivity index (χ3n) is 4.79. The van der Waals surface area contributed by atoms with Crippen molar-refractivity contribution in [3.63, 3.8) is 0 Å². The van der Waals surface area contributed by atoms with E-state index in [1.165, 1.54) is 18.7 Å². The zero-order valence-corrected chi connectivity index (χ0v) is 15.6. The monoisotopic (exact) mass is 368 g/mol. The molecule has 2 aromatic carbocycles. The zero-order chi connectivity index (χ0) is 19.4. The first-order chi connectivity index (χ1) is 13.0. The van der Waals surface area contributed by atoms with Crippen molar-refractivity contribution < 1.29 is 19.4 Å². The lowest BCUT2D eigenvalue weighted by Crippen LogP contribution is -2.32. The number of carbonyl (C=O) groups excluding carboxylic acids is 2. The highest BCUT2D eigenvalue weighted by Gasteiger charge is 2.34. The van der Waals surface area contributed by atoms with E-state index in [9.17, 15) is 14.7 Å². The summed E-state index contributed by atoms with van der Waals surface area (Å²) in [4.78, 5) is 26.4. The lowest BCUT2D eigenvalue weighted by atomic mass is 10.1. The molecule has 1 fully saturated rings. The quantitative estimate of drug-likeness (QED) is 0.821. The second kappa shape index (κ2) is 8.12. The van der Waals surface area contributed by atoms with E-state index in [4.69, 9.17) is 4.74 Å². The van der Waals surface area contributed by atoms with E-state index in [2.05, 4.69) is 5.32 Å². The van der Waals surface area contributed by atoms with Gasteiger partial charge < -0.3 is 20.1 Å². The number of likely N-dealkylation sites (tertiary alicyclic amines) is 1. The topological polar surface area (TPSA) is 78.9 Å². The summed E-state index contributed by atoms with van der Waals surface area (Å²) < 4.78 is 5.07. The van der Waals surface area contributed by atoms with Crippen molar-refractivity contribution in [3.8, 4) is 11.5 Å². The minimum Gasteiger partial charge on any atom is -0.504 e. The number of methoxy groups -OCH3 is 1. The largest absolute Gasteiger partial charge is 0.504 e. The number of aryl methyl sites for hydroxylation is 1. The second-order valence-corrected chi connectivity index (χ2v) is 6.88. The molecule has 3 rings (SSSR count). The summed E-state index contributed by atoms with van der Waals surface area (Å²) >= 11 is 0. The molecule has 0 aliphatic carbocycles. The number of carbonyl (C=O) groups is 2. The fourth-order valence-corrected chi connectivity index (χ4v) is 3.18. The second-order valence-electron chi connectivity index (χ2n) is 6.88. The first kappa shape index (κ1) is 18.8. The van der Waals surface area contributed by atoms with Gasteiger partial charge in [-0.15, -0.1) is 0 Å². The van der Waals surface area contributed by atoms with Crippen LogP contribution in [0.25, 0.3) is 0 Å². The smallest absolute Gasteiger partial charge is 0.225 e. The Bertz CT molecular complexity index is 833. The highest BCUT2D eigenvalue weighted by atomic mass is 16.5. The van der Waals surface area contributed by atoms with Crippen molar-refractivity contribution in [1.29, 1.82) is 0 Å². The number of amides is 2. The number of aromatic hydroxyl groups is 1. The van der Waals surface area contributed by atoms with Gasteiger partial charge in [0.1, 0.15) is 0 Å². The van der Waals surface area contributed by atoms with Gasteiger partial charge in [0.05, 0.1) is 13.0 Å². The van der Waals surface area contributed by atoms with Crippen LogP contribution >= 0.6 is 0 Å². The van der Waals surface area contributed by atoms with E-state index in [-0.39, 0.29) is 29.9 Å². The number of nitrogens with one attached hydrogen (secondary N) is 1. The molecule has 0 bridgehead atoms. The molecule has 1 aliphatic heterocycles. The number of phenolic OH excluding ortho intramolecular Hbond substituents is 1. The van der Waals surface area contributed by atoms with Gasteiger partial charge in [0.15, 0.2) is 11.5 Å². The molecule has 1 atom stereocenters. The van der Waals surface area contributed by atoms with Crippen LogP contribution in [0, 0.1) is 12.8 Å². The number of phenols is 1. The van der Waals surface area contributed by atoms with Crippen molar-refractivity contribution >= 4 is 11.8 Å². The molecule has 6 heteroatoms. The first-order valence-electron chi connectivity index (χ1n) is 8.93. The predicted octanol–water partition coefficient (Wildman–Crippen LogP) is 2.37. The molecule has 142 valence electrons. The van der Waals surface area contributed by atoms with E-state index >= 15 is 0 Å². The van der Waals surface area contributed by atoms with E-state index in [1.807, 2.05) is 31.2 Å². The maximum atomic E-state index is 12.5. The Morgan fingerprint density at radius 2 is 1.93 bits per heavy atom. The van der Waals surface area contributed by atoms with E-state index < -0.39 is 0 Å². The van der Waals surface area contributed by atoms with Gasteiger partial charge in [-0.3, -0.25) is 9.59 Å². The average Bonchev–Trinajstić information content (AvgIpc) is 3.03. The molecule has 27 heavy (non-hydrogen) atoms. The van der Waals surface area contributed by atoms with Gasteiger partial charge in [0.25, 0.3) is 0 Å². The summed E-state index contributed by atoms with van der Waals surface area (Å²) in [6, 6.07) is 13.0. The van der Waals surface area contributed by atoms with Crippen LogP contribution < -0.4 is 10.1 Å².